The quantitative estimate of drug-likeness (QED) is 0.912. The van der Waals surface area contributed by atoms with Crippen molar-refractivity contribution in [2.45, 2.75) is 24.9 Å². The maximum absolute atomic E-state index is 12.1. The number of aryl methyl sites for hydroxylation is 1. The van der Waals surface area contributed by atoms with Crippen molar-refractivity contribution in [2.24, 2.45) is 0 Å². The minimum absolute atomic E-state index is 0.103. The fraction of sp³-hybridized carbons (Fsp3) is 0.312. The van der Waals surface area contributed by atoms with Crippen molar-refractivity contribution in [2.75, 3.05) is 13.3 Å². The van der Waals surface area contributed by atoms with E-state index in [9.17, 15) is 9.00 Å². The fourth-order valence-corrected chi connectivity index (χ4v) is 3.36. The lowest BCUT2D eigenvalue weighted by Crippen LogP contribution is -2.36. The second-order valence-electron chi connectivity index (χ2n) is 5.13. The maximum atomic E-state index is 12.1. The average Bonchev–Trinajstić information content (AvgIpc) is 2.91. The van der Waals surface area contributed by atoms with E-state index < -0.39 is 10.8 Å². The van der Waals surface area contributed by atoms with E-state index in [1.165, 1.54) is 4.88 Å². The van der Waals surface area contributed by atoms with E-state index in [2.05, 4.69) is 18.3 Å². The normalized spacial score (nSPS) is 12.0. The molecule has 2 amide bonds. The minimum atomic E-state index is -0.973. The molecule has 0 spiro atoms. The Labute approximate surface area is 137 Å². The van der Waals surface area contributed by atoms with Crippen molar-refractivity contribution in [3.05, 3.63) is 51.7 Å². The van der Waals surface area contributed by atoms with Crippen molar-refractivity contribution >= 4 is 28.2 Å². The molecule has 0 radical (unpaired) electrons. The van der Waals surface area contributed by atoms with Crippen LogP contribution >= 0.6 is 11.3 Å². The summed E-state index contributed by atoms with van der Waals surface area (Å²) in [6.07, 6.45) is 1.65. The van der Waals surface area contributed by atoms with Gasteiger partial charge in [0, 0.05) is 45.3 Å². The highest BCUT2D eigenvalue weighted by Gasteiger charge is 2.09. The number of thiophene rings is 1. The Balaban J connectivity index is 1.86. The number of hydrogen-bond donors (Lipinski definition) is 1. The lowest BCUT2D eigenvalue weighted by atomic mass is 10.2. The van der Waals surface area contributed by atoms with Crippen LogP contribution in [0.4, 0.5) is 4.79 Å². The molecule has 1 aromatic heterocycles. The molecule has 6 heteroatoms. The molecule has 2 rings (SSSR count). The molecule has 0 aliphatic carbocycles. The lowest BCUT2D eigenvalue weighted by molar-refractivity contribution is 0.206. The Kier molecular flexibility index (Phi) is 5.74. The highest BCUT2D eigenvalue weighted by atomic mass is 32.2. The van der Waals surface area contributed by atoms with Crippen LogP contribution in [-0.2, 0) is 23.9 Å². The van der Waals surface area contributed by atoms with Gasteiger partial charge in [-0.25, -0.2) is 4.79 Å². The van der Waals surface area contributed by atoms with Gasteiger partial charge in [-0.15, -0.1) is 11.3 Å². The predicted molar refractivity (Wildman–Crippen MR) is 91.5 cm³/mol. The lowest BCUT2D eigenvalue weighted by Gasteiger charge is -2.18. The second kappa shape index (κ2) is 7.56. The number of nitrogens with one attached hydrogen (secondary N) is 1. The monoisotopic (exact) mass is 336 g/mol. The maximum Gasteiger partial charge on any atom is 0.317 e. The molecule has 1 N–H and O–H groups in total. The van der Waals surface area contributed by atoms with E-state index in [1.54, 1.807) is 29.5 Å². The molecule has 22 heavy (non-hydrogen) atoms. The molecule has 0 bridgehead atoms. The molecule has 4 nitrogen and oxygen atoms in total. The number of hydrogen-bond acceptors (Lipinski definition) is 3. The molecular formula is C16H20N2O2S2. The van der Waals surface area contributed by atoms with Crippen LogP contribution in [0, 0.1) is 6.92 Å². The zero-order valence-electron chi connectivity index (χ0n) is 13.0. The van der Waals surface area contributed by atoms with Gasteiger partial charge in [-0.2, -0.15) is 0 Å². The molecule has 0 aliphatic heterocycles. The van der Waals surface area contributed by atoms with Crippen molar-refractivity contribution in [3.8, 4) is 0 Å². The van der Waals surface area contributed by atoms with E-state index >= 15 is 0 Å². The van der Waals surface area contributed by atoms with Crippen molar-refractivity contribution in [1.82, 2.24) is 10.2 Å². The summed E-state index contributed by atoms with van der Waals surface area (Å²) in [5, 5.41) is 2.91. The van der Waals surface area contributed by atoms with Crippen LogP contribution in [0.15, 0.2) is 41.3 Å². The third-order valence-corrected chi connectivity index (χ3v) is 5.17. The zero-order chi connectivity index (χ0) is 16.1. The van der Waals surface area contributed by atoms with Crippen LogP contribution in [-0.4, -0.2) is 28.4 Å². The molecule has 0 fully saturated rings. The Morgan fingerprint density at radius 1 is 1.23 bits per heavy atom. The number of rotatable bonds is 5. The van der Waals surface area contributed by atoms with E-state index in [1.807, 2.05) is 30.3 Å². The van der Waals surface area contributed by atoms with Gasteiger partial charge >= 0.3 is 6.03 Å². The third kappa shape index (κ3) is 4.68. The zero-order valence-corrected chi connectivity index (χ0v) is 14.6. The van der Waals surface area contributed by atoms with E-state index in [4.69, 9.17) is 0 Å². The first-order valence-electron chi connectivity index (χ1n) is 6.92. The Morgan fingerprint density at radius 2 is 1.91 bits per heavy atom. The molecule has 1 heterocycles. The van der Waals surface area contributed by atoms with Crippen LogP contribution in [0.1, 0.15) is 15.3 Å². The van der Waals surface area contributed by atoms with Gasteiger partial charge in [0.1, 0.15) is 0 Å². The van der Waals surface area contributed by atoms with Crippen molar-refractivity contribution in [1.29, 1.82) is 0 Å². The van der Waals surface area contributed by atoms with Gasteiger partial charge in [-0.3, -0.25) is 4.21 Å². The van der Waals surface area contributed by atoms with Crippen molar-refractivity contribution < 1.29 is 9.00 Å². The van der Waals surface area contributed by atoms with Gasteiger partial charge in [-0.1, -0.05) is 12.1 Å². The number of amides is 2. The largest absolute Gasteiger partial charge is 0.333 e. The van der Waals surface area contributed by atoms with E-state index in [0.717, 1.165) is 15.3 Å². The molecule has 1 atom stereocenters. The Morgan fingerprint density at radius 3 is 2.45 bits per heavy atom. The first-order valence-corrected chi connectivity index (χ1v) is 9.30. The van der Waals surface area contributed by atoms with Crippen LogP contribution in [0.2, 0.25) is 0 Å². The highest BCUT2D eigenvalue weighted by Crippen LogP contribution is 2.14. The van der Waals surface area contributed by atoms with Gasteiger partial charge in [0.15, 0.2) is 0 Å². The van der Waals surface area contributed by atoms with Crippen LogP contribution < -0.4 is 5.32 Å². The van der Waals surface area contributed by atoms with Gasteiger partial charge in [0.25, 0.3) is 0 Å². The summed E-state index contributed by atoms with van der Waals surface area (Å²) in [5.74, 6) is 0. The van der Waals surface area contributed by atoms with Crippen molar-refractivity contribution in [3.63, 3.8) is 0 Å². The third-order valence-electron chi connectivity index (χ3n) is 3.23. The van der Waals surface area contributed by atoms with E-state index in [-0.39, 0.29) is 6.03 Å². The number of nitrogens with zero attached hydrogens (tertiary/aromatic N) is 1. The first-order chi connectivity index (χ1) is 10.5. The molecule has 0 unspecified atom stereocenters. The fourth-order valence-electron chi connectivity index (χ4n) is 2.01. The van der Waals surface area contributed by atoms with Crippen LogP contribution in [0.5, 0.6) is 0 Å². The number of carbonyl (C=O) groups excluding carboxylic acids is 1. The Bertz CT molecular complexity index is 665. The number of carbonyl (C=O) groups is 1. The number of benzene rings is 1. The molecule has 0 saturated carbocycles. The van der Waals surface area contributed by atoms with Gasteiger partial charge < -0.3 is 10.2 Å². The standard InChI is InChI=1S/C16H20N2O2S2/c1-12-4-7-14(21-12)10-17-16(19)18(2)11-13-5-8-15(9-6-13)22(3)20/h4-9H,10-11H2,1-3H3,(H,17,19)/t22-/m0/s1. The van der Waals surface area contributed by atoms with Gasteiger partial charge in [0.05, 0.1) is 6.54 Å². The molecule has 0 aliphatic rings. The topological polar surface area (TPSA) is 49.4 Å². The molecule has 118 valence electrons. The predicted octanol–water partition coefficient (Wildman–Crippen LogP) is 3.14. The minimum Gasteiger partial charge on any atom is -0.333 e. The summed E-state index contributed by atoms with van der Waals surface area (Å²) in [7, 11) is 0.792. The first kappa shape index (κ1) is 16.7. The van der Waals surface area contributed by atoms with Gasteiger partial charge in [0.2, 0.25) is 0 Å². The summed E-state index contributed by atoms with van der Waals surface area (Å²) in [5.41, 5.74) is 1.01. The Hall–Kier alpha value is -1.66. The summed E-state index contributed by atoms with van der Waals surface area (Å²) in [6, 6.07) is 11.5. The molecular weight excluding hydrogens is 316 g/mol. The summed E-state index contributed by atoms with van der Waals surface area (Å²) in [4.78, 5) is 16.9. The molecule has 1 aromatic carbocycles. The summed E-state index contributed by atoms with van der Waals surface area (Å²) < 4.78 is 11.3. The molecule has 2 aromatic rings. The van der Waals surface area contributed by atoms with Crippen LogP contribution in [0.25, 0.3) is 0 Å². The highest BCUT2D eigenvalue weighted by molar-refractivity contribution is 7.84. The number of urea groups is 1. The summed E-state index contributed by atoms with van der Waals surface area (Å²) >= 11 is 1.69. The SMILES string of the molecule is Cc1ccc(CNC(=O)N(C)Cc2ccc([S@](C)=O)cc2)s1. The second-order valence-corrected chi connectivity index (χ2v) is 7.88. The van der Waals surface area contributed by atoms with E-state index in [0.29, 0.717) is 13.1 Å². The van der Waals surface area contributed by atoms with Gasteiger partial charge in [-0.05, 0) is 36.8 Å². The summed E-state index contributed by atoms with van der Waals surface area (Å²) in [6.45, 7) is 3.12. The average molecular weight is 336 g/mol. The van der Waals surface area contributed by atoms with Crippen LogP contribution in [0.3, 0.4) is 0 Å². The molecule has 0 saturated heterocycles. The smallest absolute Gasteiger partial charge is 0.317 e.